The summed E-state index contributed by atoms with van der Waals surface area (Å²) < 4.78 is 39.1. The van der Waals surface area contributed by atoms with E-state index in [-0.39, 0.29) is 24.5 Å². The molecule has 0 amide bonds. The maximum atomic E-state index is 13.6. The lowest BCUT2D eigenvalue weighted by atomic mass is 10.2. The van der Waals surface area contributed by atoms with Crippen LogP contribution in [-0.4, -0.2) is 25.8 Å². The molecule has 0 atom stereocenters. The van der Waals surface area contributed by atoms with E-state index in [0.29, 0.717) is 5.56 Å². The number of terminal acetylenes is 1. The zero-order valence-corrected chi connectivity index (χ0v) is 10.9. The number of benzene rings is 1. The fourth-order valence-corrected chi connectivity index (χ4v) is 2.96. The molecule has 0 fully saturated rings. The molecule has 0 aliphatic carbocycles. The van der Waals surface area contributed by atoms with Gasteiger partial charge in [0, 0.05) is 13.1 Å². The summed E-state index contributed by atoms with van der Waals surface area (Å²) in [6.07, 6.45) is 5.10. The zero-order valence-electron chi connectivity index (χ0n) is 10.1. The van der Waals surface area contributed by atoms with E-state index in [0.717, 1.165) is 10.4 Å². The molecule has 4 nitrogen and oxygen atoms in total. The molecule has 0 saturated heterocycles. The van der Waals surface area contributed by atoms with Gasteiger partial charge in [0.2, 0.25) is 10.0 Å². The van der Waals surface area contributed by atoms with Gasteiger partial charge in [-0.2, -0.15) is 4.31 Å². The Labute approximate surface area is 107 Å². The molecule has 0 aliphatic heterocycles. The van der Waals surface area contributed by atoms with Gasteiger partial charge in [-0.1, -0.05) is 18.9 Å². The first-order valence-electron chi connectivity index (χ1n) is 5.39. The number of sulfonamides is 1. The summed E-state index contributed by atoms with van der Waals surface area (Å²) in [4.78, 5) is -0.387. The molecular weight excluding hydrogens is 255 g/mol. The Balaban J connectivity index is 3.31. The van der Waals surface area contributed by atoms with Gasteiger partial charge in [0.25, 0.3) is 0 Å². The number of rotatable bonds is 5. The highest BCUT2D eigenvalue weighted by Crippen LogP contribution is 2.20. The van der Waals surface area contributed by atoms with Crippen LogP contribution < -0.4 is 5.73 Å². The van der Waals surface area contributed by atoms with Crippen LogP contribution in [0.4, 0.5) is 4.39 Å². The first-order valence-corrected chi connectivity index (χ1v) is 6.83. The van der Waals surface area contributed by atoms with Gasteiger partial charge in [-0.3, -0.25) is 0 Å². The van der Waals surface area contributed by atoms with Crippen molar-refractivity contribution >= 4 is 10.0 Å². The first-order chi connectivity index (χ1) is 8.47. The molecule has 0 unspecified atom stereocenters. The number of nitrogens with zero attached hydrogens (tertiary/aromatic N) is 1. The molecule has 0 heterocycles. The van der Waals surface area contributed by atoms with Gasteiger partial charge >= 0.3 is 0 Å². The molecule has 1 aromatic rings. The summed E-state index contributed by atoms with van der Waals surface area (Å²) in [5.41, 5.74) is 5.96. The monoisotopic (exact) mass is 270 g/mol. The van der Waals surface area contributed by atoms with Crippen molar-refractivity contribution in [1.29, 1.82) is 0 Å². The molecule has 6 heteroatoms. The predicted octanol–water partition coefficient (Wildman–Crippen LogP) is 0.928. The second-order valence-corrected chi connectivity index (χ2v) is 5.51. The molecule has 98 valence electrons. The van der Waals surface area contributed by atoms with Gasteiger partial charge < -0.3 is 5.73 Å². The fraction of sp³-hybridized carbons (Fsp3) is 0.333. The highest BCUT2D eigenvalue weighted by molar-refractivity contribution is 7.89. The number of halogens is 1. The third-order valence-corrected chi connectivity index (χ3v) is 4.41. The average Bonchev–Trinajstić information content (AvgIpc) is 2.36. The molecule has 0 spiro atoms. The van der Waals surface area contributed by atoms with Crippen molar-refractivity contribution in [2.75, 3.05) is 13.1 Å². The van der Waals surface area contributed by atoms with Gasteiger partial charge in [-0.25, -0.2) is 12.8 Å². The van der Waals surface area contributed by atoms with Gasteiger partial charge in [0.05, 0.1) is 6.54 Å². The van der Waals surface area contributed by atoms with Crippen molar-refractivity contribution in [2.45, 2.75) is 18.4 Å². The van der Waals surface area contributed by atoms with Crippen LogP contribution in [0.25, 0.3) is 0 Å². The second kappa shape index (κ2) is 5.96. The molecule has 0 aromatic heterocycles. The summed E-state index contributed by atoms with van der Waals surface area (Å²) >= 11 is 0. The summed E-state index contributed by atoms with van der Waals surface area (Å²) in [6.45, 7) is 1.87. The fourth-order valence-electron chi connectivity index (χ4n) is 1.48. The van der Waals surface area contributed by atoms with Crippen LogP contribution in [-0.2, 0) is 16.6 Å². The largest absolute Gasteiger partial charge is 0.326 e. The minimum absolute atomic E-state index is 0.0921. The summed E-state index contributed by atoms with van der Waals surface area (Å²) in [5.74, 6) is 1.44. The van der Waals surface area contributed by atoms with Crippen molar-refractivity contribution < 1.29 is 12.8 Å². The predicted molar refractivity (Wildman–Crippen MR) is 67.6 cm³/mol. The van der Waals surface area contributed by atoms with Crippen molar-refractivity contribution in [2.24, 2.45) is 5.73 Å². The van der Waals surface area contributed by atoms with E-state index in [2.05, 4.69) is 5.92 Å². The van der Waals surface area contributed by atoms with Crippen molar-refractivity contribution in [3.8, 4) is 12.3 Å². The number of hydrogen-bond donors (Lipinski definition) is 1. The van der Waals surface area contributed by atoms with E-state index < -0.39 is 15.8 Å². The van der Waals surface area contributed by atoms with Crippen LogP contribution in [0.15, 0.2) is 23.1 Å². The van der Waals surface area contributed by atoms with Crippen LogP contribution in [0.3, 0.4) is 0 Å². The lowest BCUT2D eigenvalue weighted by Gasteiger charge is -2.18. The van der Waals surface area contributed by atoms with Gasteiger partial charge in [-0.15, -0.1) is 6.42 Å². The molecule has 0 bridgehead atoms. The third-order valence-electron chi connectivity index (χ3n) is 2.47. The summed E-state index contributed by atoms with van der Waals surface area (Å²) in [6, 6.07) is 3.79. The van der Waals surface area contributed by atoms with Crippen molar-refractivity contribution in [3.63, 3.8) is 0 Å². The Hall–Kier alpha value is -1.42. The minimum atomic E-state index is -3.92. The standard InChI is InChI=1S/C12H15FN2O2S/c1-3-7-15(4-2)18(16,17)12-8-10(9-14)5-6-11(12)13/h1,5-6,8H,4,7,9,14H2,2H3. The molecule has 1 aromatic carbocycles. The van der Waals surface area contributed by atoms with E-state index in [4.69, 9.17) is 12.2 Å². The molecule has 0 radical (unpaired) electrons. The van der Waals surface area contributed by atoms with Crippen molar-refractivity contribution in [3.05, 3.63) is 29.6 Å². The molecule has 2 N–H and O–H groups in total. The molecule has 0 aliphatic rings. The summed E-state index contributed by atoms with van der Waals surface area (Å²) in [7, 11) is -3.92. The van der Waals surface area contributed by atoms with Gasteiger partial charge in [0.15, 0.2) is 0 Å². The lowest BCUT2D eigenvalue weighted by Crippen LogP contribution is -2.32. The Bertz CT molecular complexity index is 564. The average molecular weight is 270 g/mol. The highest BCUT2D eigenvalue weighted by Gasteiger charge is 2.25. The third kappa shape index (κ3) is 2.88. The van der Waals surface area contributed by atoms with Crippen LogP contribution in [0, 0.1) is 18.2 Å². The van der Waals surface area contributed by atoms with Crippen LogP contribution in [0.2, 0.25) is 0 Å². The smallest absolute Gasteiger partial charge is 0.246 e. The number of hydrogen-bond acceptors (Lipinski definition) is 3. The summed E-state index contributed by atoms with van der Waals surface area (Å²) in [5, 5.41) is 0. The molecule has 1 rings (SSSR count). The van der Waals surface area contributed by atoms with Gasteiger partial charge in [-0.05, 0) is 17.7 Å². The first kappa shape index (κ1) is 14.6. The zero-order chi connectivity index (χ0) is 13.8. The molecule has 18 heavy (non-hydrogen) atoms. The Morgan fingerprint density at radius 1 is 1.50 bits per heavy atom. The Morgan fingerprint density at radius 3 is 2.67 bits per heavy atom. The Morgan fingerprint density at radius 2 is 2.17 bits per heavy atom. The topological polar surface area (TPSA) is 63.4 Å². The van der Waals surface area contributed by atoms with Crippen molar-refractivity contribution in [1.82, 2.24) is 4.31 Å². The Kier molecular flexibility index (Phi) is 4.84. The van der Waals surface area contributed by atoms with E-state index in [1.807, 2.05) is 0 Å². The van der Waals surface area contributed by atoms with E-state index in [1.54, 1.807) is 6.92 Å². The maximum Gasteiger partial charge on any atom is 0.246 e. The van der Waals surface area contributed by atoms with Gasteiger partial charge in [0.1, 0.15) is 10.7 Å². The molecular formula is C12H15FN2O2S. The highest BCUT2D eigenvalue weighted by atomic mass is 32.2. The van der Waals surface area contributed by atoms with Crippen LogP contribution in [0.1, 0.15) is 12.5 Å². The molecule has 0 saturated carbocycles. The van der Waals surface area contributed by atoms with Crippen LogP contribution in [0.5, 0.6) is 0 Å². The second-order valence-electron chi connectivity index (χ2n) is 3.60. The lowest BCUT2D eigenvalue weighted by molar-refractivity contribution is 0.457. The maximum absolute atomic E-state index is 13.6. The SMILES string of the molecule is C#CCN(CC)S(=O)(=O)c1cc(CN)ccc1F. The quantitative estimate of drug-likeness (QED) is 0.810. The van der Waals surface area contributed by atoms with E-state index in [1.165, 1.54) is 12.1 Å². The van der Waals surface area contributed by atoms with E-state index in [9.17, 15) is 12.8 Å². The van der Waals surface area contributed by atoms with Crippen LogP contribution >= 0.6 is 0 Å². The normalized spacial score (nSPS) is 11.5. The number of nitrogens with two attached hydrogens (primary N) is 1. The van der Waals surface area contributed by atoms with E-state index >= 15 is 0 Å². The minimum Gasteiger partial charge on any atom is -0.326 e.